The molecule has 0 spiro atoms. The lowest BCUT2D eigenvalue weighted by Gasteiger charge is -2.34. The third-order valence-electron chi connectivity index (χ3n) is 2.99. The van der Waals surface area contributed by atoms with Gasteiger partial charge in [-0.05, 0) is 18.2 Å². The molecule has 0 aliphatic carbocycles. The Morgan fingerprint density at radius 2 is 1.78 bits per heavy atom. The van der Waals surface area contributed by atoms with Crippen LogP contribution in [0.3, 0.4) is 0 Å². The van der Waals surface area contributed by atoms with Gasteiger partial charge in [0.25, 0.3) is 0 Å². The lowest BCUT2D eigenvalue weighted by atomic mass is 10.1. The SMILES string of the molecule is C=NN1CCN(c2cccc(C(F)(F)F)c2)CC1. The van der Waals surface area contributed by atoms with Gasteiger partial charge in [0, 0.05) is 25.5 Å². The van der Waals surface area contributed by atoms with E-state index in [9.17, 15) is 13.2 Å². The van der Waals surface area contributed by atoms with Gasteiger partial charge in [-0.3, -0.25) is 5.01 Å². The average molecular weight is 257 g/mol. The number of piperazine rings is 1. The van der Waals surface area contributed by atoms with E-state index in [0.717, 1.165) is 6.07 Å². The molecule has 0 radical (unpaired) electrons. The highest BCUT2D eigenvalue weighted by molar-refractivity contribution is 5.49. The van der Waals surface area contributed by atoms with Crippen molar-refractivity contribution in [3.05, 3.63) is 29.8 Å². The maximum absolute atomic E-state index is 12.6. The molecular weight excluding hydrogens is 243 g/mol. The van der Waals surface area contributed by atoms with Crippen molar-refractivity contribution < 1.29 is 13.2 Å². The van der Waals surface area contributed by atoms with Crippen LogP contribution >= 0.6 is 0 Å². The summed E-state index contributed by atoms with van der Waals surface area (Å²) in [6.07, 6.45) is -4.29. The molecule has 1 aromatic carbocycles. The van der Waals surface area contributed by atoms with E-state index in [2.05, 4.69) is 11.8 Å². The number of hydrogen-bond acceptors (Lipinski definition) is 3. The first kappa shape index (κ1) is 12.7. The first-order valence-corrected chi connectivity index (χ1v) is 5.64. The van der Waals surface area contributed by atoms with Crippen molar-refractivity contribution in [2.45, 2.75) is 6.18 Å². The number of alkyl halides is 3. The largest absolute Gasteiger partial charge is 0.416 e. The fraction of sp³-hybridized carbons (Fsp3) is 0.417. The molecule has 1 aromatic rings. The molecule has 0 unspecified atom stereocenters. The predicted octanol–water partition coefficient (Wildman–Crippen LogP) is 2.44. The molecular formula is C12H14F3N3. The van der Waals surface area contributed by atoms with E-state index in [1.807, 2.05) is 9.91 Å². The van der Waals surface area contributed by atoms with Crippen LogP contribution in [0.25, 0.3) is 0 Å². The Kier molecular flexibility index (Phi) is 3.45. The van der Waals surface area contributed by atoms with Crippen LogP contribution in [-0.2, 0) is 6.18 Å². The molecule has 18 heavy (non-hydrogen) atoms. The first-order chi connectivity index (χ1) is 8.50. The Balaban J connectivity index is 2.12. The average Bonchev–Trinajstić information content (AvgIpc) is 2.38. The summed E-state index contributed by atoms with van der Waals surface area (Å²) in [5, 5.41) is 5.62. The van der Waals surface area contributed by atoms with Gasteiger partial charge in [0.05, 0.1) is 18.7 Å². The van der Waals surface area contributed by atoms with Crippen LogP contribution in [0.1, 0.15) is 5.56 Å². The van der Waals surface area contributed by atoms with E-state index in [4.69, 9.17) is 0 Å². The monoisotopic (exact) mass is 257 g/mol. The van der Waals surface area contributed by atoms with Crippen molar-refractivity contribution in [3.8, 4) is 0 Å². The molecule has 2 rings (SSSR count). The third-order valence-corrected chi connectivity index (χ3v) is 2.99. The smallest absolute Gasteiger partial charge is 0.368 e. The first-order valence-electron chi connectivity index (χ1n) is 5.64. The van der Waals surface area contributed by atoms with Crippen LogP contribution in [0.5, 0.6) is 0 Å². The van der Waals surface area contributed by atoms with Gasteiger partial charge >= 0.3 is 6.18 Å². The van der Waals surface area contributed by atoms with Crippen LogP contribution in [-0.4, -0.2) is 37.9 Å². The highest BCUT2D eigenvalue weighted by atomic mass is 19.4. The molecule has 0 aromatic heterocycles. The summed E-state index contributed by atoms with van der Waals surface area (Å²) in [5.41, 5.74) is -0.00203. The van der Waals surface area contributed by atoms with Gasteiger partial charge in [0.1, 0.15) is 0 Å². The summed E-state index contributed by atoms with van der Waals surface area (Å²) in [4.78, 5) is 1.93. The quantitative estimate of drug-likeness (QED) is 0.758. The van der Waals surface area contributed by atoms with Crippen molar-refractivity contribution in [2.75, 3.05) is 31.1 Å². The molecule has 0 saturated carbocycles. The minimum Gasteiger partial charge on any atom is -0.368 e. The maximum atomic E-state index is 12.6. The summed E-state index contributed by atoms with van der Waals surface area (Å²) >= 11 is 0. The minimum absolute atomic E-state index is 0.605. The topological polar surface area (TPSA) is 18.8 Å². The fourth-order valence-electron chi connectivity index (χ4n) is 1.97. The van der Waals surface area contributed by atoms with Crippen LogP contribution in [0.15, 0.2) is 29.4 Å². The van der Waals surface area contributed by atoms with Crippen molar-refractivity contribution >= 4 is 12.4 Å². The van der Waals surface area contributed by atoms with Crippen LogP contribution < -0.4 is 4.90 Å². The van der Waals surface area contributed by atoms with E-state index in [1.165, 1.54) is 12.1 Å². The Bertz CT molecular complexity index is 423. The van der Waals surface area contributed by atoms with Crippen LogP contribution in [0, 0.1) is 0 Å². The molecule has 1 aliphatic heterocycles. The van der Waals surface area contributed by atoms with Gasteiger partial charge < -0.3 is 4.90 Å². The van der Waals surface area contributed by atoms with Gasteiger partial charge in [0.15, 0.2) is 0 Å². The molecule has 1 heterocycles. The van der Waals surface area contributed by atoms with E-state index >= 15 is 0 Å². The molecule has 1 saturated heterocycles. The number of benzene rings is 1. The standard InChI is InChI=1S/C12H14F3N3/c1-16-18-7-5-17(6-8-18)11-4-2-3-10(9-11)12(13,14)15/h2-4,9H,1,5-8H2. The predicted molar refractivity (Wildman–Crippen MR) is 64.8 cm³/mol. The summed E-state index contributed by atoms with van der Waals surface area (Å²) in [6, 6.07) is 5.42. The Morgan fingerprint density at radius 3 is 2.33 bits per heavy atom. The summed E-state index contributed by atoms with van der Waals surface area (Å²) in [7, 11) is 0. The van der Waals surface area contributed by atoms with Gasteiger partial charge in [-0.1, -0.05) is 6.07 Å². The minimum atomic E-state index is -4.29. The van der Waals surface area contributed by atoms with Gasteiger partial charge in [-0.25, -0.2) is 0 Å². The normalized spacial score (nSPS) is 16.8. The molecule has 0 amide bonds. The second-order valence-electron chi connectivity index (χ2n) is 4.13. The molecule has 98 valence electrons. The number of hydrogen-bond donors (Lipinski definition) is 0. The van der Waals surface area contributed by atoms with Crippen LogP contribution in [0.4, 0.5) is 18.9 Å². The molecule has 1 aliphatic rings. The molecule has 0 bridgehead atoms. The number of nitrogens with zero attached hydrogens (tertiary/aromatic N) is 3. The molecule has 6 heteroatoms. The van der Waals surface area contributed by atoms with Crippen molar-refractivity contribution in [2.24, 2.45) is 5.10 Å². The third kappa shape index (κ3) is 2.75. The Labute approximate surface area is 103 Å². The van der Waals surface area contributed by atoms with Crippen LogP contribution in [0.2, 0.25) is 0 Å². The fourth-order valence-corrected chi connectivity index (χ4v) is 1.97. The Hall–Kier alpha value is -1.72. The summed E-state index contributed by atoms with van der Waals surface area (Å²) in [6.45, 7) is 6.10. The second-order valence-corrected chi connectivity index (χ2v) is 4.13. The van der Waals surface area contributed by atoms with Crippen molar-refractivity contribution in [1.82, 2.24) is 5.01 Å². The Morgan fingerprint density at radius 1 is 1.11 bits per heavy atom. The molecule has 0 atom stereocenters. The van der Waals surface area contributed by atoms with Gasteiger partial charge in [-0.2, -0.15) is 18.3 Å². The maximum Gasteiger partial charge on any atom is 0.416 e. The number of rotatable bonds is 2. The summed E-state index contributed by atoms with van der Waals surface area (Å²) < 4.78 is 37.8. The highest BCUT2D eigenvalue weighted by Crippen LogP contribution is 2.31. The van der Waals surface area contributed by atoms with Crippen molar-refractivity contribution in [1.29, 1.82) is 0 Å². The van der Waals surface area contributed by atoms with E-state index in [0.29, 0.717) is 31.9 Å². The van der Waals surface area contributed by atoms with E-state index in [1.54, 1.807) is 6.07 Å². The zero-order valence-electron chi connectivity index (χ0n) is 9.82. The molecule has 3 nitrogen and oxygen atoms in total. The molecule has 1 fully saturated rings. The second kappa shape index (κ2) is 4.88. The van der Waals surface area contributed by atoms with E-state index < -0.39 is 11.7 Å². The lowest BCUT2D eigenvalue weighted by Crippen LogP contribution is -2.44. The lowest BCUT2D eigenvalue weighted by molar-refractivity contribution is -0.137. The number of hydrazone groups is 1. The number of anilines is 1. The summed E-state index contributed by atoms with van der Waals surface area (Å²) in [5.74, 6) is 0. The van der Waals surface area contributed by atoms with Crippen molar-refractivity contribution in [3.63, 3.8) is 0 Å². The zero-order chi connectivity index (χ0) is 13.2. The van der Waals surface area contributed by atoms with Gasteiger partial charge in [0.2, 0.25) is 0 Å². The van der Waals surface area contributed by atoms with Gasteiger partial charge in [-0.15, -0.1) is 0 Å². The highest BCUT2D eigenvalue weighted by Gasteiger charge is 2.31. The zero-order valence-corrected chi connectivity index (χ0v) is 9.82. The molecule has 0 N–H and O–H groups in total. The number of halogens is 3. The van der Waals surface area contributed by atoms with E-state index in [-0.39, 0.29) is 0 Å².